The first kappa shape index (κ1) is 27.8. The number of carbonyl (C=O) groups excluding carboxylic acids is 2. The van der Waals surface area contributed by atoms with Gasteiger partial charge in [-0.25, -0.2) is 0 Å². The molecule has 220 valence electrons. The van der Waals surface area contributed by atoms with Gasteiger partial charge in [-0.05, 0) is 69.0 Å². The molecule has 0 bridgehead atoms. The van der Waals surface area contributed by atoms with Gasteiger partial charge >= 0.3 is 5.97 Å². The van der Waals surface area contributed by atoms with E-state index in [4.69, 9.17) is 33.2 Å². The lowest BCUT2D eigenvalue weighted by Crippen LogP contribution is -2.42. The van der Waals surface area contributed by atoms with Crippen molar-refractivity contribution in [3.8, 4) is 40.2 Å². The van der Waals surface area contributed by atoms with Gasteiger partial charge in [0.05, 0.1) is 47.0 Å². The van der Waals surface area contributed by atoms with Crippen molar-refractivity contribution in [1.82, 2.24) is 5.32 Å². The summed E-state index contributed by atoms with van der Waals surface area (Å²) in [5.74, 6) is -0.258. The zero-order valence-corrected chi connectivity index (χ0v) is 24.8. The maximum Gasteiger partial charge on any atom is 0.310 e. The molecule has 3 aliphatic rings. The SMILES string of the molecule is COc1cc([C@@H]2c3cc4c(cc3[C@@H](NC(=O)c3cc(OC)c(Br)c(OC)c3)[C@H]3COC(=O)[C@H]23)OCO4)cc(OC)c1O. The van der Waals surface area contributed by atoms with Crippen molar-refractivity contribution in [3.05, 3.63) is 63.1 Å². The predicted molar refractivity (Wildman–Crippen MR) is 151 cm³/mol. The monoisotopic (exact) mass is 641 g/mol. The first-order chi connectivity index (χ1) is 20.3. The van der Waals surface area contributed by atoms with E-state index in [2.05, 4.69) is 21.2 Å². The Hall–Kier alpha value is -4.32. The maximum absolute atomic E-state index is 13.8. The van der Waals surface area contributed by atoms with E-state index in [0.29, 0.717) is 38.6 Å². The Morgan fingerprint density at radius 3 is 2.00 bits per heavy atom. The Kier molecular flexibility index (Phi) is 7.17. The molecule has 1 aliphatic carbocycles. The van der Waals surface area contributed by atoms with E-state index < -0.39 is 35.7 Å². The number of ether oxygens (including phenoxy) is 7. The van der Waals surface area contributed by atoms with Crippen LogP contribution >= 0.6 is 15.9 Å². The van der Waals surface area contributed by atoms with Crippen molar-refractivity contribution >= 4 is 27.8 Å². The van der Waals surface area contributed by atoms with E-state index in [1.54, 1.807) is 24.3 Å². The van der Waals surface area contributed by atoms with E-state index in [1.807, 2.05) is 12.1 Å². The van der Waals surface area contributed by atoms with Crippen LogP contribution in [0.3, 0.4) is 0 Å². The molecule has 0 radical (unpaired) electrons. The van der Waals surface area contributed by atoms with Crippen LogP contribution in [0.15, 0.2) is 40.9 Å². The number of hydrogen-bond donors (Lipinski definition) is 2. The lowest BCUT2D eigenvalue weighted by atomic mass is 9.65. The van der Waals surface area contributed by atoms with E-state index in [9.17, 15) is 14.7 Å². The van der Waals surface area contributed by atoms with Crippen molar-refractivity contribution in [2.75, 3.05) is 41.8 Å². The summed E-state index contributed by atoms with van der Waals surface area (Å²) in [5.41, 5.74) is 2.47. The molecule has 1 fully saturated rings. The Morgan fingerprint density at radius 1 is 0.857 bits per heavy atom. The van der Waals surface area contributed by atoms with Gasteiger partial charge < -0.3 is 43.6 Å². The highest BCUT2D eigenvalue weighted by atomic mass is 79.9. The first-order valence-electron chi connectivity index (χ1n) is 13.1. The first-order valence-corrected chi connectivity index (χ1v) is 13.9. The number of aromatic hydroxyl groups is 1. The number of carbonyl (C=O) groups is 2. The minimum absolute atomic E-state index is 0.0498. The normalized spacial score (nSPS) is 21.6. The number of esters is 1. The molecule has 2 N–H and O–H groups in total. The van der Waals surface area contributed by atoms with E-state index in [1.165, 1.54) is 28.4 Å². The Balaban J connectivity index is 1.49. The largest absolute Gasteiger partial charge is 0.502 e. The number of hydrogen-bond acceptors (Lipinski definition) is 10. The second-order valence-electron chi connectivity index (χ2n) is 10.1. The van der Waals surface area contributed by atoms with Gasteiger partial charge in [0.25, 0.3) is 5.91 Å². The zero-order valence-electron chi connectivity index (χ0n) is 23.2. The van der Waals surface area contributed by atoms with Crippen LogP contribution in [0, 0.1) is 11.8 Å². The number of amides is 1. The second kappa shape index (κ2) is 10.8. The molecule has 6 rings (SSSR count). The second-order valence-corrected chi connectivity index (χ2v) is 10.8. The average molecular weight is 642 g/mol. The molecule has 0 spiro atoms. The topological polar surface area (TPSA) is 131 Å². The summed E-state index contributed by atoms with van der Waals surface area (Å²) >= 11 is 3.44. The van der Waals surface area contributed by atoms with Crippen LogP contribution in [0.2, 0.25) is 0 Å². The van der Waals surface area contributed by atoms with Crippen LogP contribution in [0.5, 0.6) is 40.2 Å². The number of phenolic OH excluding ortho intramolecular Hbond substituents is 1. The lowest BCUT2D eigenvalue weighted by molar-refractivity contribution is -0.141. The molecule has 3 aromatic carbocycles. The molecule has 0 aromatic heterocycles. The van der Waals surface area contributed by atoms with Gasteiger partial charge in [-0.15, -0.1) is 0 Å². The summed E-state index contributed by atoms with van der Waals surface area (Å²) < 4.78 is 39.3. The molecule has 2 aliphatic heterocycles. The van der Waals surface area contributed by atoms with Gasteiger partial charge in [0, 0.05) is 17.4 Å². The fraction of sp³-hybridized carbons (Fsp3) is 0.333. The highest BCUT2D eigenvalue weighted by Gasteiger charge is 2.53. The molecule has 4 atom stereocenters. The molecule has 12 heteroatoms. The third-order valence-corrected chi connectivity index (χ3v) is 8.82. The van der Waals surface area contributed by atoms with Gasteiger partial charge in [0.2, 0.25) is 12.5 Å². The number of benzene rings is 3. The number of nitrogens with one attached hydrogen (secondary N) is 1. The summed E-state index contributed by atoms with van der Waals surface area (Å²) in [4.78, 5) is 27.1. The van der Waals surface area contributed by atoms with Gasteiger partial charge in [-0.2, -0.15) is 0 Å². The van der Waals surface area contributed by atoms with Crippen molar-refractivity contribution in [3.63, 3.8) is 0 Å². The van der Waals surface area contributed by atoms with Gasteiger partial charge in [0.1, 0.15) is 16.0 Å². The molecule has 1 saturated heterocycles. The lowest BCUT2D eigenvalue weighted by Gasteiger charge is -2.39. The molecule has 3 aromatic rings. The van der Waals surface area contributed by atoms with Gasteiger partial charge in [-0.3, -0.25) is 9.59 Å². The Labute approximate surface area is 249 Å². The van der Waals surface area contributed by atoms with Crippen molar-refractivity contribution in [1.29, 1.82) is 0 Å². The van der Waals surface area contributed by atoms with Crippen molar-refractivity contribution < 1.29 is 47.9 Å². The fourth-order valence-electron chi connectivity index (χ4n) is 6.07. The van der Waals surface area contributed by atoms with E-state index in [-0.39, 0.29) is 30.6 Å². The fourth-order valence-corrected chi connectivity index (χ4v) is 6.62. The van der Waals surface area contributed by atoms with Gasteiger partial charge in [0.15, 0.2) is 23.0 Å². The summed E-state index contributed by atoms with van der Waals surface area (Å²) in [6, 6.07) is 9.63. The average Bonchev–Trinajstić information content (AvgIpc) is 3.62. The Bertz CT molecular complexity index is 1540. The quantitative estimate of drug-likeness (QED) is 0.360. The summed E-state index contributed by atoms with van der Waals surface area (Å²) in [5, 5.41) is 13.7. The molecule has 0 unspecified atom stereocenters. The molecule has 1 amide bonds. The summed E-state index contributed by atoms with van der Waals surface area (Å²) in [6.07, 6.45) is 0. The zero-order chi connectivity index (χ0) is 29.7. The van der Waals surface area contributed by atoms with Crippen molar-refractivity contribution in [2.24, 2.45) is 11.8 Å². The van der Waals surface area contributed by atoms with Crippen LogP contribution in [-0.4, -0.2) is 58.8 Å². The number of cyclic esters (lactones) is 1. The standard InChI is InChI=1S/C30H28BrNO10/c1-36-20-7-14(8-21(37-2)26(20)31)29(34)32-27-16-10-19-18(41-12-42-19)9-15(16)24(25-17(27)11-40-30(25)35)13-5-22(38-3)28(33)23(6-13)39-4/h5-10,17,24-25,27,33H,11-12H2,1-4H3,(H,32,34)/t17-,24+,25-,27+/m0/s1. The molecule has 42 heavy (non-hydrogen) atoms. The molecule has 2 heterocycles. The van der Waals surface area contributed by atoms with E-state index >= 15 is 0 Å². The number of fused-ring (bicyclic) bond motifs is 3. The van der Waals surface area contributed by atoms with Crippen LogP contribution in [0.1, 0.15) is 39.0 Å². The maximum atomic E-state index is 13.8. The van der Waals surface area contributed by atoms with Crippen molar-refractivity contribution in [2.45, 2.75) is 12.0 Å². The minimum Gasteiger partial charge on any atom is -0.502 e. The number of phenols is 1. The van der Waals surface area contributed by atoms with Gasteiger partial charge in [-0.1, -0.05) is 0 Å². The molecular weight excluding hydrogens is 614 g/mol. The minimum atomic E-state index is -0.670. The summed E-state index contributed by atoms with van der Waals surface area (Å²) in [7, 11) is 5.88. The number of rotatable bonds is 7. The van der Waals surface area contributed by atoms with Crippen LogP contribution < -0.4 is 33.7 Å². The highest BCUT2D eigenvalue weighted by Crippen LogP contribution is 2.55. The third kappa shape index (κ3) is 4.41. The highest BCUT2D eigenvalue weighted by molar-refractivity contribution is 9.10. The summed E-state index contributed by atoms with van der Waals surface area (Å²) in [6.45, 7) is 0.145. The van der Waals surface area contributed by atoms with Crippen LogP contribution in [0.4, 0.5) is 0 Å². The smallest absolute Gasteiger partial charge is 0.310 e. The van der Waals surface area contributed by atoms with E-state index in [0.717, 1.165) is 11.1 Å². The Morgan fingerprint density at radius 2 is 1.43 bits per heavy atom. The predicted octanol–water partition coefficient (Wildman–Crippen LogP) is 4.32. The number of halogens is 1. The molecule has 11 nitrogen and oxygen atoms in total. The molecule has 0 saturated carbocycles. The van der Waals surface area contributed by atoms with Crippen LogP contribution in [0.25, 0.3) is 0 Å². The number of methoxy groups -OCH3 is 4. The van der Waals surface area contributed by atoms with Crippen LogP contribution in [-0.2, 0) is 9.53 Å². The third-order valence-electron chi connectivity index (χ3n) is 8.04. The molecular formula is C30H28BrNO10.